The van der Waals surface area contributed by atoms with Crippen molar-refractivity contribution in [3.05, 3.63) is 22.7 Å². The molecule has 1 aromatic rings. The Morgan fingerprint density at radius 2 is 2.36 bits per heavy atom. The molecule has 1 N–H and O–H groups in total. The minimum atomic E-state index is -0.460. The third kappa shape index (κ3) is 1.48. The molecule has 0 fully saturated rings. The van der Waals surface area contributed by atoms with Crippen molar-refractivity contribution in [2.24, 2.45) is 0 Å². The highest BCUT2D eigenvalue weighted by Gasteiger charge is 2.17. The summed E-state index contributed by atoms with van der Waals surface area (Å²) in [5.74, 6) is 0.574. The Kier molecular flexibility index (Phi) is 2.21. The van der Waals surface area contributed by atoms with Gasteiger partial charge in [0.1, 0.15) is 12.4 Å². The number of nitrogens with one attached hydrogen (secondary N) is 1. The van der Waals surface area contributed by atoms with E-state index in [4.69, 9.17) is 21.1 Å². The molecule has 0 aromatic heterocycles. The zero-order chi connectivity index (χ0) is 10.1. The average Bonchev–Trinajstić information content (AvgIpc) is 2.16. The first kappa shape index (κ1) is 9.15. The number of carbonyl (C=O) groups excluding carboxylic acids is 1. The number of rotatable bonds is 1. The van der Waals surface area contributed by atoms with Crippen molar-refractivity contribution in [3.63, 3.8) is 0 Å². The van der Waals surface area contributed by atoms with Gasteiger partial charge in [0.2, 0.25) is 0 Å². The Bertz CT molecular complexity index is 392. The van der Waals surface area contributed by atoms with Crippen LogP contribution in [0.3, 0.4) is 0 Å². The topological polar surface area (TPSA) is 47.6 Å². The van der Waals surface area contributed by atoms with E-state index in [0.717, 1.165) is 5.56 Å². The van der Waals surface area contributed by atoms with E-state index in [0.29, 0.717) is 16.5 Å². The van der Waals surface area contributed by atoms with E-state index in [2.05, 4.69) is 5.32 Å². The molecule has 1 aromatic carbocycles. The van der Waals surface area contributed by atoms with Gasteiger partial charge in [-0.25, -0.2) is 4.79 Å². The molecular formula is C9H8ClNO3. The lowest BCUT2D eigenvalue weighted by atomic mass is 10.1. The molecular weight excluding hydrogens is 206 g/mol. The van der Waals surface area contributed by atoms with Crippen molar-refractivity contribution < 1.29 is 14.3 Å². The highest BCUT2D eigenvalue weighted by Crippen LogP contribution is 2.33. The van der Waals surface area contributed by atoms with Gasteiger partial charge in [0.15, 0.2) is 0 Å². The Balaban J connectivity index is 2.45. The first-order valence-corrected chi connectivity index (χ1v) is 4.38. The number of amides is 1. The Labute approximate surface area is 85.8 Å². The number of methoxy groups -OCH3 is 1. The summed E-state index contributed by atoms with van der Waals surface area (Å²) in [4.78, 5) is 10.9. The maximum atomic E-state index is 10.9. The summed E-state index contributed by atoms with van der Waals surface area (Å²) in [6, 6.07) is 3.40. The molecule has 0 saturated carbocycles. The van der Waals surface area contributed by atoms with Crippen molar-refractivity contribution in [2.75, 3.05) is 12.4 Å². The molecule has 1 aliphatic heterocycles. The lowest BCUT2D eigenvalue weighted by Crippen LogP contribution is -2.20. The van der Waals surface area contributed by atoms with E-state index in [9.17, 15) is 4.79 Å². The highest BCUT2D eigenvalue weighted by molar-refractivity contribution is 6.32. The van der Waals surface area contributed by atoms with E-state index in [-0.39, 0.29) is 6.61 Å². The van der Waals surface area contributed by atoms with Gasteiger partial charge in [-0.3, -0.25) is 5.32 Å². The summed E-state index contributed by atoms with van der Waals surface area (Å²) in [5, 5.41) is 3.02. The lowest BCUT2D eigenvalue weighted by molar-refractivity contribution is 0.151. The van der Waals surface area contributed by atoms with E-state index in [1.165, 1.54) is 7.11 Å². The molecule has 0 spiro atoms. The standard InChI is InChI=1S/C9H8ClNO3/c1-13-8-2-5-4-14-9(12)11-7(5)3-6(8)10/h2-3H,4H2,1H3,(H,11,12). The first-order chi connectivity index (χ1) is 6.70. The zero-order valence-electron chi connectivity index (χ0n) is 7.46. The number of benzene rings is 1. The number of cyclic esters (lactones) is 1. The average molecular weight is 214 g/mol. The zero-order valence-corrected chi connectivity index (χ0v) is 8.22. The third-order valence-corrected chi connectivity index (χ3v) is 2.27. The fourth-order valence-corrected chi connectivity index (χ4v) is 1.52. The molecule has 5 heteroatoms. The van der Waals surface area contributed by atoms with Crippen LogP contribution in [0.4, 0.5) is 10.5 Å². The fourth-order valence-electron chi connectivity index (χ4n) is 1.28. The van der Waals surface area contributed by atoms with Gasteiger partial charge < -0.3 is 9.47 Å². The maximum absolute atomic E-state index is 10.9. The van der Waals surface area contributed by atoms with Crippen molar-refractivity contribution in [1.29, 1.82) is 0 Å². The number of ether oxygens (including phenoxy) is 2. The van der Waals surface area contributed by atoms with Gasteiger partial charge in [0, 0.05) is 5.56 Å². The van der Waals surface area contributed by atoms with Gasteiger partial charge in [-0.1, -0.05) is 11.6 Å². The van der Waals surface area contributed by atoms with Gasteiger partial charge in [-0.15, -0.1) is 0 Å². The second kappa shape index (κ2) is 3.38. The van der Waals surface area contributed by atoms with Crippen molar-refractivity contribution >= 4 is 23.4 Å². The van der Waals surface area contributed by atoms with Crippen molar-refractivity contribution in [3.8, 4) is 5.75 Å². The summed E-state index contributed by atoms with van der Waals surface area (Å²) in [6.45, 7) is 0.245. The Morgan fingerprint density at radius 1 is 1.57 bits per heavy atom. The van der Waals surface area contributed by atoms with E-state index in [1.54, 1.807) is 12.1 Å². The number of anilines is 1. The van der Waals surface area contributed by atoms with Gasteiger partial charge in [0.25, 0.3) is 0 Å². The van der Waals surface area contributed by atoms with Crippen LogP contribution in [-0.4, -0.2) is 13.2 Å². The van der Waals surface area contributed by atoms with Crippen molar-refractivity contribution in [2.45, 2.75) is 6.61 Å². The van der Waals surface area contributed by atoms with E-state index >= 15 is 0 Å². The first-order valence-electron chi connectivity index (χ1n) is 4.01. The second-order valence-corrected chi connectivity index (χ2v) is 3.25. The summed E-state index contributed by atoms with van der Waals surface area (Å²) in [6.07, 6.45) is -0.460. The lowest BCUT2D eigenvalue weighted by Gasteiger charge is -2.18. The van der Waals surface area contributed by atoms with Crippen LogP contribution in [0.1, 0.15) is 5.56 Å². The molecule has 0 bridgehead atoms. The van der Waals surface area contributed by atoms with E-state index in [1.807, 2.05) is 0 Å². The molecule has 1 aliphatic rings. The third-order valence-electron chi connectivity index (χ3n) is 1.97. The number of carbonyl (C=O) groups is 1. The molecule has 0 saturated heterocycles. The quantitative estimate of drug-likeness (QED) is 0.779. The van der Waals surface area contributed by atoms with Crippen LogP contribution in [0.15, 0.2) is 12.1 Å². The predicted molar refractivity (Wildman–Crippen MR) is 51.8 cm³/mol. The molecule has 14 heavy (non-hydrogen) atoms. The minimum Gasteiger partial charge on any atom is -0.495 e. The molecule has 2 rings (SSSR count). The number of hydrogen-bond acceptors (Lipinski definition) is 3. The van der Waals surface area contributed by atoms with Gasteiger partial charge in [-0.2, -0.15) is 0 Å². The van der Waals surface area contributed by atoms with Crippen LogP contribution in [0.5, 0.6) is 5.75 Å². The predicted octanol–water partition coefficient (Wildman–Crippen LogP) is 2.41. The molecule has 4 nitrogen and oxygen atoms in total. The summed E-state index contributed by atoms with van der Waals surface area (Å²) < 4.78 is 9.83. The normalized spacial score (nSPS) is 14.0. The van der Waals surface area contributed by atoms with Crippen LogP contribution in [0.25, 0.3) is 0 Å². The molecule has 0 radical (unpaired) electrons. The number of hydrogen-bond donors (Lipinski definition) is 1. The largest absolute Gasteiger partial charge is 0.495 e. The van der Waals surface area contributed by atoms with Gasteiger partial charge in [-0.05, 0) is 12.1 Å². The Hall–Kier alpha value is -1.42. The van der Waals surface area contributed by atoms with E-state index < -0.39 is 6.09 Å². The van der Waals surface area contributed by atoms with Crippen LogP contribution in [0.2, 0.25) is 5.02 Å². The molecule has 0 atom stereocenters. The fraction of sp³-hybridized carbons (Fsp3) is 0.222. The number of fused-ring (bicyclic) bond motifs is 1. The minimum absolute atomic E-state index is 0.245. The molecule has 1 amide bonds. The van der Waals surface area contributed by atoms with Gasteiger partial charge >= 0.3 is 6.09 Å². The summed E-state index contributed by atoms with van der Waals surface area (Å²) in [7, 11) is 1.54. The van der Waals surface area contributed by atoms with Crippen LogP contribution < -0.4 is 10.1 Å². The van der Waals surface area contributed by atoms with Crippen LogP contribution in [0, 0.1) is 0 Å². The maximum Gasteiger partial charge on any atom is 0.411 e. The molecule has 74 valence electrons. The molecule has 0 unspecified atom stereocenters. The summed E-state index contributed by atoms with van der Waals surface area (Å²) in [5.41, 5.74) is 1.53. The number of halogens is 1. The smallest absolute Gasteiger partial charge is 0.411 e. The highest BCUT2D eigenvalue weighted by atomic mass is 35.5. The molecule has 1 heterocycles. The van der Waals surface area contributed by atoms with Crippen LogP contribution >= 0.6 is 11.6 Å². The second-order valence-electron chi connectivity index (χ2n) is 2.85. The Morgan fingerprint density at radius 3 is 3.07 bits per heavy atom. The van der Waals surface area contributed by atoms with Crippen LogP contribution in [-0.2, 0) is 11.3 Å². The monoisotopic (exact) mass is 213 g/mol. The molecule has 0 aliphatic carbocycles. The SMILES string of the molecule is COc1cc2c(cc1Cl)NC(=O)OC2. The summed E-state index contributed by atoms with van der Waals surface area (Å²) >= 11 is 5.89. The van der Waals surface area contributed by atoms with Crippen molar-refractivity contribution in [1.82, 2.24) is 0 Å². The van der Waals surface area contributed by atoms with Gasteiger partial charge in [0.05, 0.1) is 17.8 Å².